The molecular formula is C19H26N2O4. The molecule has 6 heteroatoms. The van der Waals surface area contributed by atoms with Crippen LogP contribution in [0.3, 0.4) is 0 Å². The predicted octanol–water partition coefficient (Wildman–Crippen LogP) is 2.79. The third kappa shape index (κ3) is 7.27. The number of ether oxygens (including phenoxy) is 3. The average molecular weight is 346 g/mol. The van der Waals surface area contributed by atoms with E-state index in [1.54, 1.807) is 32.4 Å². The number of methoxy groups -OCH3 is 2. The van der Waals surface area contributed by atoms with E-state index in [-0.39, 0.29) is 5.57 Å². The number of nitrogens with zero attached hydrogens (tertiary/aromatic N) is 1. The van der Waals surface area contributed by atoms with Crippen LogP contribution >= 0.6 is 0 Å². The molecular weight excluding hydrogens is 320 g/mol. The molecule has 0 aliphatic heterocycles. The summed E-state index contributed by atoms with van der Waals surface area (Å²) >= 11 is 0. The molecule has 0 saturated carbocycles. The summed E-state index contributed by atoms with van der Waals surface area (Å²) in [5, 5.41) is 11.8. The summed E-state index contributed by atoms with van der Waals surface area (Å²) in [5.41, 5.74) is 0.707. The van der Waals surface area contributed by atoms with Crippen LogP contribution in [0.4, 0.5) is 0 Å². The molecule has 0 spiro atoms. The maximum absolute atomic E-state index is 12.0. The van der Waals surface area contributed by atoms with Gasteiger partial charge in [-0.15, -0.1) is 0 Å². The highest BCUT2D eigenvalue weighted by molar-refractivity contribution is 6.01. The Morgan fingerprint density at radius 1 is 1.28 bits per heavy atom. The minimum atomic E-state index is -0.434. The van der Waals surface area contributed by atoms with E-state index in [0.717, 1.165) is 6.42 Å². The van der Waals surface area contributed by atoms with Crippen molar-refractivity contribution < 1.29 is 19.0 Å². The van der Waals surface area contributed by atoms with Crippen LogP contribution in [0.25, 0.3) is 6.08 Å². The summed E-state index contributed by atoms with van der Waals surface area (Å²) < 4.78 is 15.9. The third-order valence-electron chi connectivity index (χ3n) is 3.41. The van der Waals surface area contributed by atoms with Gasteiger partial charge in [0.25, 0.3) is 5.91 Å². The topological polar surface area (TPSA) is 80.6 Å². The number of hydrogen-bond donors (Lipinski definition) is 1. The van der Waals surface area contributed by atoms with Crippen molar-refractivity contribution in [1.82, 2.24) is 5.32 Å². The first-order chi connectivity index (χ1) is 12.0. The van der Waals surface area contributed by atoms with Crippen molar-refractivity contribution in [2.45, 2.75) is 20.3 Å². The van der Waals surface area contributed by atoms with Gasteiger partial charge in [-0.3, -0.25) is 4.79 Å². The largest absolute Gasteiger partial charge is 0.493 e. The highest BCUT2D eigenvalue weighted by Gasteiger charge is 2.10. The number of carbonyl (C=O) groups excluding carboxylic acids is 1. The Kier molecular flexibility index (Phi) is 9.12. The summed E-state index contributed by atoms with van der Waals surface area (Å²) in [6, 6.07) is 7.22. The predicted molar refractivity (Wildman–Crippen MR) is 96.4 cm³/mol. The van der Waals surface area contributed by atoms with Crippen molar-refractivity contribution in [3.8, 4) is 17.6 Å². The van der Waals surface area contributed by atoms with Gasteiger partial charge in [0.15, 0.2) is 11.5 Å². The van der Waals surface area contributed by atoms with Gasteiger partial charge in [-0.2, -0.15) is 5.26 Å². The van der Waals surface area contributed by atoms with Crippen LogP contribution < -0.4 is 14.8 Å². The molecule has 6 nitrogen and oxygen atoms in total. The van der Waals surface area contributed by atoms with E-state index >= 15 is 0 Å². The lowest BCUT2D eigenvalue weighted by molar-refractivity contribution is -0.117. The summed E-state index contributed by atoms with van der Waals surface area (Å²) in [6.07, 6.45) is 2.47. The zero-order chi connectivity index (χ0) is 18.7. The van der Waals surface area contributed by atoms with E-state index in [9.17, 15) is 10.1 Å². The highest BCUT2D eigenvalue weighted by Crippen LogP contribution is 2.29. The second-order valence-corrected chi connectivity index (χ2v) is 5.86. The number of nitriles is 1. The van der Waals surface area contributed by atoms with Gasteiger partial charge >= 0.3 is 0 Å². The molecule has 0 fully saturated rings. The Morgan fingerprint density at radius 2 is 2.04 bits per heavy atom. The summed E-state index contributed by atoms with van der Waals surface area (Å²) in [4.78, 5) is 12.0. The molecule has 25 heavy (non-hydrogen) atoms. The molecule has 1 aromatic rings. The molecule has 1 aromatic carbocycles. The second-order valence-electron chi connectivity index (χ2n) is 5.86. The van der Waals surface area contributed by atoms with E-state index in [1.165, 1.54) is 6.08 Å². The first kappa shape index (κ1) is 20.5. The molecule has 0 atom stereocenters. The number of rotatable bonds is 10. The Balaban J connectivity index is 2.86. The van der Waals surface area contributed by atoms with Gasteiger partial charge in [0.2, 0.25) is 0 Å². The summed E-state index contributed by atoms with van der Waals surface area (Å²) in [5.74, 6) is 1.33. The van der Waals surface area contributed by atoms with E-state index in [4.69, 9.17) is 14.2 Å². The third-order valence-corrected chi connectivity index (χ3v) is 3.41. The first-order valence-corrected chi connectivity index (χ1v) is 8.21. The zero-order valence-electron chi connectivity index (χ0n) is 15.3. The quantitative estimate of drug-likeness (QED) is 0.400. The smallest absolute Gasteiger partial charge is 0.262 e. The van der Waals surface area contributed by atoms with Crippen molar-refractivity contribution in [3.05, 3.63) is 29.3 Å². The molecule has 0 saturated heterocycles. The molecule has 0 aromatic heterocycles. The number of amides is 1. The van der Waals surface area contributed by atoms with Gasteiger partial charge in [0.1, 0.15) is 11.6 Å². The molecule has 0 unspecified atom stereocenters. The molecule has 1 amide bonds. The van der Waals surface area contributed by atoms with Gasteiger partial charge in [0.05, 0.1) is 20.3 Å². The average Bonchev–Trinajstić information content (AvgIpc) is 2.60. The molecule has 0 radical (unpaired) electrons. The monoisotopic (exact) mass is 346 g/mol. The highest BCUT2D eigenvalue weighted by atomic mass is 16.5. The lowest BCUT2D eigenvalue weighted by atomic mass is 10.1. The van der Waals surface area contributed by atoms with Crippen molar-refractivity contribution in [2.24, 2.45) is 5.92 Å². The molecule has 0 aliphatic rings. The minimum absolute atomic E-state index is 0.0200. The molecule has 0 aliphatic carbocycles. The Hall–Kier alpha value is -2.52. The van der Waals surface area contributed by atoms with Crippen LogP contribution in [0.5, 0.6) is 11.5 Å². The summed E-state index contributed by atoms with van der Waals surface area (Å²) in [7, 11) is 3.10. The molecule has 1 N–H and O–H groups in total. The Morgan fingerprint density at radius 3 is 2.64 bits per heavy atom. The van der Waals surface area contributed by atoms with Gasteiger partial charge < -0.3 is 19.5 Å². The van der Waals surface area contributed by atoms with Crippen molar-refractivity contribution in [1.29, 1.82) is 5.26 Å². The van der Waals surface area contributed by atoms with Crippen LogP contribution in [-0.4, -0.2) is 39.9 Å². The fraction of sp³-hybridized carbons (Fsp3) is 0.474. The second kappa shape index (κ2) is 11.1. The number of nitrogens with one attached hydrogen (secondary N) is 1. The van der Waals surface area contributed by atoms with E-state index < -0.39 is 5.91 Å². The van der Waals surface area contributed by atoms with Gasteiger partial charge in [-0.1, -0.05) is 19.9 Å². The maximum Gasteiger partial charge on any atom is 0.262 e. The molecule has 136 valence electrons. The first-order valence-electron chi connectivity index (χ1n) is 8.21. The summed E-state index contributed by atoms with van der Waals surface area (Å²) in [6.45, 7) is 5.61. The normalized spacial score (nSPS) is 11.1. The fourth-order valence-corrected chi connectivity index (χ4v) is 1.97. The van der Waals surface area contributed by atoms with E-state index in [0.29, 0.717) is 42.7 Å². The molecule has 1 rings (SSSR count). The SMILES string of the molecule is COCCNC(=O)C(C#N)=Cc1ccc(OCCC(C)C)c(OC)c1. The van der Waals surface area contributed by atoms with Crippen molar-refractivity contribution >= 4 is 12.0 Å². The maximum atomic E-state index is 12.0. The number of hydrogen-bond acceptors (Lipinski definition) is 5. The standard InChI is InChI=1S/C19H26N2O4/c1-14(2)7-9-25-17-6-5-15(12-18(17)24-4)11-16(13-20)19(22)21-8-10-23-3/h5-6,11-12,14H,7-10H2,1-4H3,(H,21,22). The van der Waals surface area contributed by atoms with Crippen LogP contribution in [-0.2, 0) is 9.53 Å². The zero-order valence-corrected chi connectivity index (χ0v) is 15.3. The van der Waals surface area contributed by atoms with Gasteiger partial charge in [-0.05, 0) is 36.1 Å². The van der Waals surface area contributed by atoms with Crippen LogP contribution in [0.2, 0.25) is 0 Å². The number of benzene rings is 1. The number of carbonyl (C=O) groups is 1. The van der Waals surface area contributed by atoms with Gasteiger partial charge in [-0.25, -0.2) is 0 Å². The van der Waals surface area contributed by atoms with Crippen LogP contribution in [0, 0.1) is 17.2 Å². The fourth-order valence-electron chi connectivity index (χ4n) is 1.97. The van der Waals surface area contributed by atoms with Crippen molar-refractivity contribution in [3.63, 3.8) is 0 Å². The van der Waals surface area contributed by atoms with Crippen molar-refractivity contribution in [2.75, 3.05) is 34.0 Å². The Labute approximate surface area is 149 Å². The van der Waals surface area contributed by atoms with Crippen LogP contribution in [0.1, 0.15) is 25.8 Å². The lowest BCUT2D eigenvalue weighted by Gasteiger charge is -2.12. The van der Waals surface area contributed by atoms with Gasteiger partial charge in [0, 0.05) is 13.7 Å². The molecule has 0 heterocycles. The van der Waals surface area contributed by atoms with E-state index in [2.05, 4.69) is 19.2 Å². The minimum Gasteiger partial charge on any atom is -0.493 e. The lowest BCUT2D eigenvalue weighted by Crippen LogP contribution is -2.27. The van der Waals surface area contributed by atoms with E-state index in [1.807, 2.05) is 6.07 Å². The Bertz CT molecular complexity index is 633. The molecule has 0 bridgehead atoms. The van der Waals surface area contributed by atoms with Crippen LogP contribution in [0.15, 0.2) is 23.8 Å².